The molecule has 0 bridgehead atoms. The van der Waals surface area contributed by atoms with Gasteiger partial charge in [-0.1, -0.05) is 41.5 Å². The first-order chi connectivity index (χ1) is 8.47. The fraction of sp³-hybridized carbons (Fsp3) is 0.500. The minimum absolute atomic E-state index is 0.616. The van der Waals surface area contributed by atoms with Gasteiger partial charge in [0.1, 0.15) is 0 Å². The van der Waals surface area contributed by atoms with Gasteiger partial charge in [-0.15, -0.1) is 0 Å². The maximum absolute atomic E-state index is 4.57. The average Bonchev–Trinajstić information content (AvgIpc) is 2.74. The molecule has 0 spiro atoms. The van der Waals surface area contributed by atoms with Gasteiger partial charge in [0.2, 0.25) is 0 Å². The smallest absolute Gasteiger partial charge is 0.161 e. The van der Waals surface area contributed by atoms with Crippen LogP contribution in [-0.4, -0.2) is 17.0 Å². The molecule has 1 aliphatic rings. The Morgan fingerprint density at radius 3 is 2.44 bits per heavy atom. The van der Waals surface area contributed by atoms with Crippen molar-refractivity contribution in [3.8, 4) is 0 Å². The lowest BCUT2D eigenvalue weighted by molar-refractivity contribution is 0.621. The molecule has 1 aromatic carbocycles. The molecule has 0 fully saturated rings. The summed E-state index contributed by atoms with van der Waals surface area (Å²) in [7, 11) is 0. The number of nitrogens with one attached hydrogen (secondary N) is 1. The summed E-state index contributed by atoms with van der Waals surface area (Å²) in [5.74, 6) is 0.673. The van der Waals surface area contributed by atoms with E-state index in [0.717, 1.165) is 17.4 Å². The van der Waals surface area contributed by atoms with Crippen LogP contribution in [0.2, 0.25) is 0 Å². The SMILES string of the molecule is Cc1cc(NC2=NCC(C(C)C)S2)cc(C)c1Br. The second-order valence-corrected chi connectivity index (χ2v) is 7.12. The molecular weight excluding hydrogens is 308 g/mol. The van der Waals surface area contributed by atoms with Gasteiger partial charge < -0.3 is 5.32 Å². The van der Waals surface area contributed by atoms with Gasteiger partial charge in [-0.2, -0.15) is 0 Å². The van der Waals surface area contributed by atoms with Crippen LogP contribution < -0.4 is 5.32 Å². The number of halogens is 1. The number of amidine groups is 1. The van der Waals surface area contributed by atoms with Gasteiger partial charge in [-0.25, -0.2) is 0 Å². The number of aryl methyl sites for hydroxylation is 2. The predicted molar refractivity (Wildman–Crippen MR) is 85.8 cm³/mol. The van der Waals surface area contributed by atoms with Crippen LogP contribution in [0.5, 0.6) is 0 Å². The molecule has 0 aromatic heterocycles. The highest BCUT2D eigenvalue weighted by Crippen LogP contribution is 2.30. The van der Waals surface area contributed by atoms with Crippen LogP contribution in [0.4, 0.5) is 5.69 Å². The maximum atomic E-state index is 4.57. The Hall–Kier alpha value is -0.480. The molecule has 4 heteroatoms. The molecular formula is C14H19BrN2S. The van der Waals surface area contributed by atoms with Crippen molar-refractivity contribution in [1.82, 2.24) is 0 Å². The summed E-state index contributed by atoms with van der Waals surface area (Å²) in [5.41, 5.74) is 3.63. The Kier molecular flexibility index (Phi) is 4.38. The number of hydrogen-bond acceptors (Lipinski definition) is 3. The summed E-state index contributed by atoms with van der Waals surface area (Å²) in [6.45, 7) is 9.67. The van der Waals surface area contributed by atoms with Gasteiger partial charge in [-0.05, 0) is 43.0 Å². The number of thioether (sulfide) groups is 1. The molecule has 0 saturated carbocycles. The largest absolute Gasteiger partial charge is 0.335 e. The Morgan fingerprint density at radius 2 is 1.94 bits per heavy atom. The summed E-state index contributed by atoms with van der Waals surface area (Å²) >= 11 is 5.45. The standard InChI is InChI=1S/C14H19BrN2S/c1-8(2)12-7-16-14(18-12)17-11-5-9(3)13(15)10(4)6-11/h5-6,8,12H,7H2,1-4H3,(H,16,17). The fourth-order valence-electron chi connectivity index (χ4n) is 1.95. The molecule has 1 aliphatic heterocycles. The molecule has 18 heavy (non-hydrogen) atoms. The van der Waals surface area contributed by atoms with Crippen molar-refractivity contribution in [2.45, 2.75) is 32.9 Å². The van der Waals surface area contributed by atoms with E-state index in [9.17, 15) is 0 Å². The van der Waals surface area contributed by atoms with Crippen molar-refractivity contribution in [1.29, 1.82) is 0 Å². The lowest BCUT2D eigenvalue weighted by atomic mass is 10.1. The second kappa shape index (κ2) is 5.66. The van der Waals surface area contributed by atoms with Gasteiger partial charge in [-0.3, -0.25) is 4.99 Å². The van der Waals surface area contributed by atoms with Crippen LogP contribution >= 0.6 is 27.7 Å². The van der Waals surface area contributed by atoms with E-state index in [-0.39, 0.29) is 0 Å². The molecule has 0 aliphatic carbocycles. The monoisotopic (exact) mass is 326 g/mol. The third-order valence-corrected chi connectivity index (χ3v) is 5.81. The van der Waals surface area contributed by atoms with Crippen LogP contribution in [0.3, 0.4) is 0 Å². The third-order valence-electron chi connectivity index (χ3n) is 3.11. The average molecular weight is 327 g/mol. The van der Waals surface area contributed by atoms with Gasteiger partial charge >= 0.3 is 0 Å². The summed E-state index contributed by atoms with van der Waals surface area (Å²) in [6.07, 6.45) is 0. The molecule has 2 rings (SSSR count). The molecule has 0 saturated heterocycles. The lowest BCUT2D eigenvalue weighted by Crippen LogP contribution is -2.13. The van der Waals surface area contributed by atoms with E-state index in [4.69, 9.17) is 0 Å². The van der Waals surface area contributed by atoms with Crippen LogP contribution in [0.25, 0.3) is 0 Å². The fourth-order valence-corrected chi connectivity index (χ4v) is 3.21. The Balaban J connectivity index is 2.07. The molecule has 0 radical (unpaired) electrons. The summed E-state index contributed by atoms with van der Waals surface area (Å²) in [5, 5.41) is 5.09. The number of benzene rings is 1. The number of hydrogen-bond donors (Lipinski definition) is 1. The normalized spacial score (nSPS) is 19.2. The highest BCUT2D eigenvalue weighted by atomic mass is 79.9. The first-order valence-electron chi connectivity index (χ1n) is 6.22. The van der Waals surface area contributed by atoms with E-state index in [1.54, 1.807) is 0 Å². The first-order valence-corrected chi connectivity index (χ1v) is 7.89. The van der Waals surface area contributed by atoms with Gasteiger partial charge in [0, 0.05) is 15.4 Å². The zero-order chi connectivity index (χ0) is 13.3. The maximum Gasteiger partial charge on any atom is 0.161 e. The molecule has 1 heterocycles. The van der Waals surface area contributed by atoms with Gasteiger partial charge in [0.05, 0.1) is 6.54 Å². The summed E-state index contributed by atoms with van der Waals surface area (Å²) in [6, 6.07) is 4.31. The highest BCUT2D eigenvalue weighted by molar-refractivity contribution is 9.10. The quantitative estimate of drug-likeness (QED) is 0.858. The highest BCUT2D eigenvalue weighted by Gasteiger charge is 2.22. The number of rotatable bonds is 2. The van der Waals surface area contributed by atoms with Gasteiger partial charge in [0.15, 0.2) is 5.17 Å². The third kappa shape index (κ3) is 3.09. The van der Waals surface area contributed by atoms with E-state index >= 15 is 0 Å². The molecule has 98 valence electrons. The van der Waals surface area contributed by atoms with E-state index in [1.165, 1.54) is 15.6 Å². The van der Waals surface area contributed by atoms with E-state index in [2.05, 4.69) is 66.1 Å². The summed E-state index contributed by atoms with van der Waals surface area (Å²) in [4.78, 5) is 4.57. The van der Waals surface area contributed by atoms with Crippen molar-refractivity contribution in [3.63, 3.8) is 0 Å². The van der Waals surface area contributed by atoms with Gasteiger partial charge in [0.25, 0.3) is 0 Å². The molecule has 1 unspecified atom stereocenters. The van der Waals surface area contributed by atoms with Crippen molar-refractivity contribution < 1.29 is 0 Å². The summed E-state index contributed by atoms with van der Waals surface area (Å²) < 4.78 is 1.19. The van der Waals surface area contributed by atoms with Crippen LogP contribution in [0.15, 0.2) is 21.6 Å². The number of aliphatic imine (C=N–C) groups is 1. The Labute approximate surface area is 122 Å². The Bertz CT molecular complexity index is 460. The van der Waals surface area contributed by atoms with E-state index < -0.39 is 0 Å². The van der Waals surface area contributed by atoms with Crippen LogP contribution in [0, 0.1) is 19.8 Å². The van der Waals surface area contributed by atoms with Crippen molar-refractivity contribution in [2.24, 2.45) is 10.9 Å². The number of anilines is 1. The molecule has 2 nitrogen and oxygen atoms in total. The molecule has 1 N–H and O–H groups in total. The van der Waals surface area contributed by atoms with Crippen molar-refractivity contribution >= 4 is 38.5 Å². The van der Waals surface area contributed by atoms with E-state index in [0.29, 0.717) is 11.2 Å². The second-order valence-electron chi connectivity index (χ2n) is 5.10. The predicted octanol–water partition coefficient (Wildman–Crippen LogP) is 4.61. The molecule has 0 amide bonds. The van der Waals surface area contributed by atoms with Crippen molar-refractivity contribution in [2.75, 3.05) is 11.9 Å². The zero-order valence-electron chi connectivity index (χ0n) is 11.2. The minimum Gasteiger partial charge on any atom is -0.335 e. The van der Waals surface area contributed by atoms with Crippen LogP contribution in [-0.2, 0) is 0 Å². The van der Waals surface area contributed by atoms with Crippen molar-refractivity contribution in [3.05, 3.63) is 27.7 Å². The molecule has 1 atom stereocenters. The first kappa shape index (κ1) is 13.9. The topological polar surface area (TPSA) is 24.4 Å². The van der Waals surface area contributed by atoms with Crippen LogP contribution in [0.1, 0.15) is 25.0 Å². The number of nitrogens with zero attached hydrogens (tertiary/aromatic N) is 1. The van der Waals surface area contributed by atoms with E-state index in [1.807, 2.05) is 11.8 Å². The Morgan fingerprint density at radius 1 is 1.33 bits per heavy atom. The minimum atomic E-state index is 0.616. The zero-order valence-corrected chi connectivity index (χ0v) is 13.7. The molecule has 1 aromatic rings. The lowest BCUT2D eigenvalue weighted by Gasteiger charge is -2.13.